The van der Waals surface area contributed by atoms with E-state index in [1.165, 1.54) is 18.4 Å². The van der Waals surface area contributed by atoms with E-state index in [9.17, 15) is 0 Å². The minimum absolute atomic E-state index is 0.182. The second-order valence-corrected chi connectivity index (χ2v) is 4.58. The van der Waals surface area contributed by atoms with Gasteiger partial charge < -0.3 is 10.1 Å². The molecule has 1 saturated carbocycles. The fourth-order valence-electron chi connectivity index (χ4n) is 2.05. The molecule has 4 nitrogen and oxygen atoms in total. The highest BCUT2D eigenvalue weighted by Crippen LogP contribution is 2.35. The van der Waals surface area contributed by atoms with Crippen LogP contribution in [0, 0.1) is 0 Å². The van der Waals surface area contributed by atoms with Gasteiger partial charge >= 0.3 is 0 Å². The van der Waals surface area contributed by atoms with Crippen molar-refractivity contribution in [3.05, 3.63) is 18.0 Å². The number of hydrogen-bond acceptors (Lipinski definition) is 3. The largest absolute Gasteiger partial charge is 0.368 e. The summed E-state index contributed by atoms with van der Waals surface area (Å²) in [5.41, 5.74) is 1.21. The molecule has 0 bridgehead atoms. The minimum atomic E-state index is 0.182. The van der Waals surface area contributed by atoms with E-state index in [1.807, 2.05) is 6.20 Å². The number of ether oxygens (including phenoxy) is 1. The Balaban J connectivity index is 1.73. The fraction of sp³-hybridized carbons (Fsp3) is 0.727. The molecule has 1 aromatic rings. The summed E-state index contributed by atoms with van der Waals surface area (Å²) in [6.45, 7) is 3.96. The van der Waals surface area contributed by atoms with Gasteiger partial charge in [0.25, 0.3) is 0 Å². The molecule has 3 rings (SSSR count). The van der Waals surface area contributed by atoms with Crippen molar-refractivity contribution in [3.63, 3.8) is 0 Å². The SMILES string of the molecule is C[C@@H]1CNCC(c2cnn(C3CC3)c2)O1. The Morgan fingerprint density at radius 3 is 3.07 bits per heavy atom. The summed E-state index contributed by atoms with van der Waals surface area (Å²) < 4.78 is 7.95. The maximum absolute atomic E-state index is 5.87. The van der Waals surface area contributed by atoms with Crippen molar-refractivity contribution < 1.29 is 4.74 Å². The molecule has 2 heterocycles. The first-order valence-corrected chi connectivity index (χ1v) is 5.73. The van der Waals surface area contributed by atoms with Crippen LogP contribution in [0.1, 0.15) is 37.5 Å². The second-order valence-electron chi connectivity index (χ2n) is 4.58. The molecule has 2 fully saturated rings. The highest BCUT2D eigenvalue weighted by Gasteiger charge is 2.27. The zero-order valence-electron chi connectivity index (χ0n) is 9.02. The fourth-order valence-corrected chi connectivity index (χ4v) is 2.05. The first-order chi connectivity index (χ1) is 7.33. The van der Waals surface area contributed by atoms with Gasteiger partial charge in [-0.3, -0.25) is 4.68 Å². The molecule has 2 aliphatic rings. The summed E-state index contributed by atoms with van der Waals surface area (Å²) in [5, 5.41) is 7.76. The molecule has 82 valence electrons. The molecule has 0 aromatic carbocycles. The molecule has 4 heteroatoms. The molecule has 1 aromatic heterocycles. The summed E-state index contributed by atoms with van der Waals surface area (Å²) in [4.78, 5) is 0. The number of nitrogens with zero attached hydrogens (tertiary/aromatic N) is 2. The summed E-state index contributed by atoms with van der Waals surface area (Å²) in [7, 11) is 0. The summed E-state index contributed by atoms with van der Waals surface area (Å²) >= 11 is 0. The molecular weight excluding hydrogens is 190 g/mol. The van der Waals surface area contributed by atoms with Crippen LogP contribution in [0.5, 0.6) is 0 Å². The summed E-state index contributed by atoms with van der Waals surface area (Å²) in [5.74, 6) is 0. The average molecular weight is 207 g/mol. The van der Waals surface area contributed by atoms with Crippen molar-refractivity contribution in [1.82, 2.24) is 15.1 Å². The van der Waals surface area contributed by atoms with Crippen molar-refractivity contribution in [2.45, 2.75) is 38.0 Å². The molecule has 0 amide bonds. The van der Waals surface area contributed by atoms with Crippen molar-refractivity contribution in [3.8, 4) is 0 Å². The maximum Gasteiger partial charge on any atom is 0.0983 e. The van der Waals surface area contributed by atoms with Crippen LogP contribution in [0.15, 0.2) is 12.4 Å². The third-order valence-corrected chi connectivity index (χ3v) is 3.07. The number of rotatable bonds is 2. The molecule has 0 radical (unpaired) electrons. The first kappa shape index (κ1) is 9.36. The minimum Gasteiger partial charge on any atom is -0.368 e. The lowest BCUT2D eigenvalue weighted by atomic mass is 10.1. The van der Waals surface area contributed by atoms with Crippen molar-refractivity contribution in [1.29, 1.82) is 0 Å². The van der Waals surface area contributed by atoms with E-state index in [2.05, 4.69) is 28.2 Å². The van der Waals surface area contributed by atoms with Gasteiger partial charge in [0.2, 0.25) is 0 Å². The molecule has 15 heavy (non-hydrogen) atoms. The third kappa shape index (κ3) is 1.92. The van der Waals surface area contributed by atoms with Gasteiger partial charge in [-0.25, -0.2) is 0 Å². The van der Waals surface area contributed by atoms with Gasteiger partial charge in [0.05, 0.1) is 24.4 Å². The van der Waals surface area contributed by atoms with Crippen LogP contribution in [0.3, 0.4) is 0 Å². The first-order valence-electron chi connectivity index (χ1n) is 5.73. The van der Waals surface area contributed by atoms with Crippen molar-refractivity contribution >= 4 is 0 Å². The summed E-state index contributed by atoms with van der Waals surface area (Å²) in [6, 6.07) is 0.660. The van der Waals surface area contributed by atoms with E-state index in [-0.39, 0.29) is 6.10 Å². The number of aromatic nitrogens is 2. The quantitative estimate of drug-likeness (QED) is 0.793. The molecule has 0 spiro atoms. The average Bonchev–Trinajstić information content (AvgIpc) is 2.97. The molecule has 1 saturated heterocycles. The standard InChI is InChI=1S/C11H17N3O/c1-8-4-12-6-11(15-8)9-5-13-14(7-9)10-2-3-10/h5,7-8,10-12H,2-4,6H2,1H3/t8-,11?/m1/s1. The lowest BCUT2D eigenvalue weighted by Crippen LogP contribution is -2.38. The van der Waals surface area contributed by atoms with Gasteiger partial charge in [-0.05, 0) is 19.8 Å². The van der Waals surface area contributed by atoms with Crippen LogP contribution in [-0.4, -0.2) is 29.0 Å². The highest BCUT2D eigenvalue weighted by molar-refractivity contribution is 5.11. The molecule has 1 unspecified atom stereocenters. The zero-order valence-corrected chi connectivity index (χ0v) is 9.02. The predicted octanol–water partition coefficient (Wildman–Crippen LogP) is 1.27. The van der Waals surface area contributed by atoms with E-state index in [0.717, 1.165) is 13.1 Å². The predicted molar refractivity (Wildman–Crippen MR) is 56.7 cm³/mol. The Bertz CT molecular complexity index is 345. The van der Waals surface area contributed by atoms with Gasteiger partial charge in [0, 0.05) is 24.8 Å². The van der Waals surface area contributed by atoms with E-state index in [4.69, 9.17) is 4.74 Å². The Kier molecular flexibility index (Phi) is 2.25. The number of hydrogen-bond donors (Lipinski definition) is 1. The van der Waals surface area contributed by atoms with E-state index < -0.39 is 0 Å². The topological polar surface area (TPSA) is 39.1 Å². The van der Waals surface area contributed by atoms with Crippen LogP contribution in [-0.2, 0) is 4.74 Å². The lowest BCUT2D eigenvalue weighted by Gasteiger charge is -2.27. The van der Waals surface area contributed by atoms with E-state index in [0.29, 0.717) is 12.1 Å². The smallest absolute Gasteiger partial charge is 0.0983 e. The van der Waals surface area contributed by atoms with Gasteiger partial charge in [0.15, 0.2) is 0 Å². The van der Waals surface area contributed by atoms with Crippen LogP contribution in [0.2, 0.25) is 0 Å². The molecular formula is C11H17N3O. The Morgan fingerprint density at radius 2 is 2.33 bits per heavy atom. The molecule has 1 aliphatic carbocycles. The zero-order chi connectivity index (χ0) is 10.3. The molecule has 1 aliphatic heterocycles. The third-order valence-electron chi connectivity index (χ3n) is 3.07. The van der Waals surface area contributed by atoms with Gasteiger partial charge in [-0.15, -0.1) is 0 Å². The second kappa shape index (κ2) is 3.61. The van der Waals surface area contributed by atoms with Gasteiger partial charge in [0.1, 0.15) is 0 Å². The normalized spacial score (nSPS) is 31.8. The van der Waals surface area contributed by atoms with E-state index in [1.54, 1.807) is 0 Å². The highest BCUT2D eigenvalue weighted by atomic mass is 16.5. The number of nitrogens with one attached hydrogen (secondary N) is 1. The monoisotopic (exact) mass is 207 g/mol. The van der Waals surface area contributed by atoms with Crippen molar-refractivity contribution in [2.75, 3.05) is 13.1 Å². The van der Waals surface area contributed by atoms with Gasteiger partial charge in [-0.1, -0.05) is 0 Å². The number of morpholine rings is 1. The Morgan fingerprint density at radius 1 is 1.47 bits per heavy atom. The van der Waals surface area contributed by atoms with Crippen LogP contribution < -0.4 is 5.32 Å². The van der Waals surface area contributed by atoms with E-state index >= 15 is 0 Å². The lowest BCUT2D eigenvalue weighted by molar-refractivity contribution is -0.0287. The van der Waals surface area contributed by atoms with Gasteiger partial charge in [-0.2, -0.15) is 5.10 Å². The molecule has 2 atom stereocenters. The molecule has 1 N–H and O–H groups in total. The van der Waals surface area contributed by atoms with Crippen LogP contribution in [0.4, 0.5) is 0 Å². The Labute approximate surface area is 89.6 Å². The maximum atomic E-state index is 5.87. The summed E-state index contributed by atoms with van der Waals surface area (Å²) in [6.07, 6.45) is 7.13. The van der Waals surface area contributed by atoms with Crippen LogP contribution in [0.25, 0.3) is 0 Å². The Hall–Kier alpha value is -0.870. The van der Waals surface area contributed by atoms with Crippen molar-refractivity contribution in [2.24, 2.45) is 0 Å². The van der Waals surface area contributed by atoms with Crippen LogP contribution >= 0.6 is 0 Å².